The van der Waals surface area contributed by atoms with Gasteiger partial charge in [0.1, 0.15) is 6.04 Å². The normalized spacial score (nSPS) is 18.1. The molecule has 1 saturated heterocycles. The second-order valence-electron chi connectivity index (χ2n) is 4.00. The first kappa shape index (κ1) is 15.6. The zero-order valence-corrected chi connectivity index (χ0v) is 13.0. The third-order valence-corrected chi connectivity index (χ3v) is 4.73. The Labute approximate surface area is 134 Å². The van der Waals surface area contributed by atoms with Gasteiger partial charge in [-0.1, -0.05) is 34.8 Å². The molecule has 1 fully saturated rings. The van der Waals surface area contributed by atoms with Crippen LogP contribution in [-0.4, -0.2) is 39.7 Å². The summed E-state index contributed by atoms with van der Waals surface area (Å²) in [6.07, 6.45) is 0. The molecule has 0 aliphatic carbocycles. The maximum absolute atomic E-state index is 12.1. The van der Waals surface area contributed by atoms with Crippen LogP contribution in [0.1, 0.15) is 0 Å². The molecular weight excluding hydrogens is 347 g/mol. The Balaban J connectivity index is 2.16. The molecule has 1 aromatic carbocycles. The highest BCUT2D eigenvalue weighted by molar-refractivity contribution is 7.99. The lowest BCUT2D eigenvalue weighted by Gasteiger charge is -2.21. The summed E-state index contributed by atoms with van der Waals surface area (Å²) in [5, 5.41) is 12.3. The van der Waals surface area contributed by atoms with E-state index in [1.54, 1.807) is 0 Å². The van der Waals surface area contributed by atoms with Crippen molar-refractivity contribution in [2.45, 2.75) is 6.04 Å². The van der Waals surface area contributed by atoms with Gasteiger partial charge >= 0.3 is 12.0 Å². The number of carbonyl (C=O) groups excluding carboxylic acids is 1. The summed E-state index contributed by atoms with van der Waals surface area (Å²) in [6, 6.07) is 1.45. The van der Waals surface area contributed by atoms with Crippen molar-refractivity contribution in [2.75, 3.05) is 16.9 Å². The van der Waals surface area contributed by atoms with Crippen LogP contribution < -0.4 is 5.32 Å². The molecule has 1 heterocycles. The molecule has 108 valence electrons. The zero-order chi connectivity index (χ0) is 14.9. The average Bonchev–Trinajstić information content (AvgIpc) is 2.85. The standard InChI is InChI=1S/C11H9Cl3N2O3S/c12-5-1-7(14)8(2-6(5)13)15-11(19)16-4-20-3-9(16)10(17)18/h1-2,9H,3-4H2,(H,15,19)(H,17,18). The lowest BCUT2D eigenvalue weighted by atomic mass is 10.3. The Hall–Kier alpha value is -0.820. The zero-order valence-electron chi connectivity index (χ0n) is 9.90. The number of carbonyl (C=O) groups is 2. The van der Waals surface area contributed by atoms with E-state index in [0.29, 0.717) is 11.6 Å². The number of nitrogens with one attached hydrogen (secondary N) is 1. The lowest BCUT2D eigenvalue weighted by Crippen LogP contribution is -2.44. The van der Waals surface area contributed by atoms with Crippen LogP contribution in [0.4, 0.5) is 10.5 Å². The number of benzene rings is 1. The van der Waals surface area contributed by atoms with Crippen LogP contribution in [0.2, 0.25) is 15.1 Å². The molecule has 0 radical (unpaired) electrons. The summed E-state index contributed by atoms with van der Waals surface area (Å²) < 4.78 is 0. The molecular formula is C11H9Cl3N2O3S. The van der Waals surface area contributed by atoms with Crippen molar-refractivity contribution < 1.29 is 14.7 Å². The first-order valence-corrected chi connectivity index (χ1v) is 7.71. The number of hydrogen-bond donors (Lipinski definition) is 2. The lowest BCUT2D eigenvalue weighted by molar-refractivity contribution is -0.140. The average molecular weight is 356 g/mol. The van der Waals surface area contributed by atoms with Crippen molar-refractivity contribution in [2.24, 2.45) is 0 Å². The Kier molecular flexibility index (Phi) is 4.90. The molecule has 2 amide bonds. The minimum Gasteiger partial charge on any atom is -0.480 e. The fourth-order valence-electron chi connectivity index (χ4n) is 1.65. The fraction of sp³-hybridized carbons (Fsp3) is 0.273. The van der Waals surface area contributed by atoms with Crippen molar-refractivity contribution in [1.29, 1.82) is 0 Å². The molecule has 0 spiro atoms. The van der Waals surface area contributed by atoms with Crippen LogP contribution in [-0.2, 0) is 4.79 Å². The molecule has 1 aliphatic rings. The highest BCUT2D eigenvalue weighted by Crippen LogP contribution is 2.33. The molecule has 0 saturated carbocycles. The summed E-state index contributed by atoms with van der Waals surface area (Å²) in [4.78, 5) is 24.3. The van der Waals surface area contributed by atoms with Gasteiger partial charge in [0, 0.05) is 5.75 Å². The summed E-state index contributed by atoms with van der Waals surface area (Å²) in [5.41, 5.74) is 0.284. The molecule has 2 rings (SSSR count). The van der Waals surface area contributed by atoms with Crippen LogP contribution in [0.5, 0.6) is 0 Å². The Morgan fingerprint density at radius 1 is 1.25 bits per heavy atom. The molecule has 5 nitrogen and oxygen atoms in total. The van der Waals surface area contributed by atoms with Crippen molar-refractivity contribution >= 4 is 64.3 Å². The third-order valence-electron chi connectivity index (χ3n) is 2.68. The van der Waals surface area contributed by atoms with E-state index >= 15 is 0 Å². The maximum Gasteiger partial charge on any atom is 0.327 e. The van der Waals surface area contributed by atoms with Crippen molar-refractivity contribution in [3.63, 3.8) is 0 Å². The molecule has 0 bridgehead atoms. The molecule has 1 atom stereocenters. The number of rotatable bonds is 2. The summed E-state index contributed by atoms with van der Waals surface area (Å²) in [6.45, 7) is 0. The van der Waals surface area contributed by atoms with E-state index in [0.717, 1.165) is 0 Å². The van der Waals surface area contributed by atoms with Gasteiger partial charge in [-0.05, 0) is 12.1 Å². The second kappa shape index (κ2) is 6.30. The SMILES string of the molecule is O=C(O)C1CSCN1C(=O)Nc1cc(Cl)c(Cl)cc1Cl. The summed E-state index contributed by atoms with van der Waals surface area (Å²) in [7, 11) is 0. The number of anilines is 1. The predicted octanol–water partition coefficient (Wildman–Crippen LogP) is 3.64. The van der Waals surface area contributed by atoms with Crippen molar-refractivity contribution in [3.8, 4) is 0 Å². The molecule has 1 unspecified atom stereocenters. The van der Waals surface area contributed by atoms with E-state index in [4.69, 9.17) is 39.9 Å². The van der Waals surface area contributed by atoms with Crippen LogP contribution in [0, 0.1) is 0 Å². The predicted molar refractivity (Wildman–Crippen MR) is 81.1 cm³/mol. The molecule has 1 aliphatic heterocycles. The quantitative estimate of drug-likeness (QED) is 0.795. The first-order valence-electron chi connectivity index (χ1n) is 5.43. The van der Waals surface area contributed by atoms with Gasteiger partial charge in [0.05, 0.1) is 26.6 Å². The first-order chi connectivity index (χ1) is 9.40. The summed E-state index contributed by atoms with van der Waals surface area (Å²) >= 11 is 19.0. The number of urea groups is 1. The Bertz CT molecular complexity index is 570. The van der Waals surface area contributed by atoms with Crippen LogP contribution in [0.15, 0.2) is 12.1 Å². The Morgan fingerprint density at radius 2 is 1.90 bits per heavy atom. The van der Waals surface area contributed by atoms with Crippen molar-refractivity contribution in [1.82, 2.24) is 4.90 Å². The number of carboxylic acids is 1. The van der Waals surface area contributed by atoms with Gasteiger partial charge < -0.3 is 15.3 Å². The number of hydrogen-bond acceptors (Lipinski definition) is 3. The van der Waals surface area contributed by atoms with E-state index in [1.807, 2.05) is 0 Å². The minimum absolute atomic E-state index is 0.228. The van der Waals surface area contributed by atoms with Gasteiger partial charge in [0.2, 0.25) is 0 Å². The highest BCUT2D eigenvalue weighted by Gasteiger charge is 2.34. The molecule has 9 heteroatoms. The van der Waals surface area contributed by atoms with Crippen LogP contribution >= 0.6 is 46.6 Å². The van der Waals surface area contributed by atoms with E-state index in [9.17, 15) is 9.59 Å². The molecule has 20 heavy (non-hydrogen) atoms. The van der Waals surface area contributed by atoms with Gasteiger partial charge in [-0.25, -0.2) is 9.59 Å². The molecule has 1 aromatic rings. The van der Waals surface area contributed by atoms with E-state index in [1.165, 1.54) is 28.8 Å². The molecule has 2 N–H and O–H groups in total. The third kappa shape index (κ3) is 3.25. The van der Waals surface area contributed by atoms with Crippen LogP contribution in [0.3, 0.4) is 0 Å². The summed E-state index contributed by atoms with van der Waals surface area (Å²) in [5.74, 6) is -0.370. The number of aliphatic carboxylic acids is 1. The second-order valence-corrected chi connectivity index (χ2v) is 6.22. The monoisotopic (exact) mass is 354 g/mol. The molecule has 0 aromatic heterocycles. The number of carboxylic acid groups (broad SMARTS) is 1. The number of nitrogens with zero attached hydrogens (tertiary/aromatic N) is 1. The van der Waals surface area contributed by atoms with E-state index in [-0.39, 0.29) is 20.8 Å². The van der Waals surface area contributed by atoms with Gasteiger partial charge in [-0.2, -0.15) is 0 Å². The maximum atomic E-state index is 12.1. The van der Waals surface area contributed by atoms with E-state index < -0.39 is 18.0 Å². The van der Waals surface area contributed by atoms with Gasteiger partial charge in [0.15, 0.2) is 0 Å². The van der Waals surface area contributed by atoms with Gasteiger partial charge in [-0.3, -0.25) is 0 Å². The number of amides is 2. The van der Waals surface area contributed by atoms with Crippen LogP contribution in [0.25, 0.3) is 0 Å². The minimum atomic E-state index is -1.04. The number of thioether (sulfide) groups is 1. The fourth-order valence-corrected chi connectivity index (χ4v) is 3.39. The largest absolute Gasteiger partial charge is 0.480 e. The topological polar surface area (TPSA) is 69.6 Å². The Morgan fingerprint density at radius 3 is 2.55 bits per heavy atom. The van der Waals surface area contributed by atoms with Gasteiger partial charge in [0.25, 0.3) is 0 Å². The smallest absolute Gasteiger partial charge is 0.327 e. The highest BCUT2D eigenvalue weighted by atomic mass is 35.5. The van der Waals surface area contributed by atoms with Gasteiger partial charge in [-0.15, -0.1) is 11.8 Å². The van der Waals surface area contributed by atoms with E-state index in [2.05, 4.69) is 5.32 Å². The van der Waals surface area contributed by atoms with Crippen molar-refractivity contribution in [3.05, 3.63) is 27.2 Å². The number of halogens is 3.